The molecule has 10 nitrogen and oxygen atoms in total. The molecule has 0 bridgehead atoms. The van der Waals surface area contributed by atoms with Crippen molar-refractivity contribution >= 4 is 34.4 Å². The first-order chi connectivity index (χ1) is 13.7. The van der Waals surface area contributed by atoms with Crippen molar-refractivity contribution in [1.29, 1.82) is 0 Å². The van der Waals surface area contributed by atoms with E-state index >= 15 is 0 Å². The highest BCUT2D eigenvalue weighted by Crippen LogP contribution is 2.39. The molecule has 10 heteroatoms. The first kappa shape index (κ1) is 15.8. The number of hydrogen-bond donors (Lipinski definition) is 2. The maximum Gasteiger partial charge on any atom is 0.229 e. The third-order valence-electron chi connectivity index (χ3n) is 5.74. The van der Waals surface area contributed by atoms with Gasteiger partial charge < -0.3 is 15.4 Å². The summed E-state index contributed by atoms with van der Waals surface area (Å²) in [4.78, 5) is 18.2. The number of aromatic nitrogens is 7. The molecule has 142 valence electrons. The molecular formula is C18H19N9O. The summed E-state index contributed by atoms with van der Waals surface area (Å²) in [7, 11) is 0. The van der Waals surface area contributed by atoms with Crippen LogP contribution in [0.15, 0.2) is 24.8 Å². The van der Waals surface area contributed by atoms with E-state index in [4.69, 9.17) is 9.72 Å². The minimum Gasteiger partial charge on any atom is -0.381 e. The van der Waals surface area contributed by atoms with Crippen LogP contribution in [0.4, 0.5) is 17.6 Å². The lowest BCUT2D eigenvalue weighted by Gasteiger charge is -2.34. The number of imidazole rings is 1. The number of hydrogen-bond acceptors (Lipinski definition) is 8. The highest BCUT2D eigenvalue weighted by atomic mass is 16.5. The Bertz CT molecular complexity index is 1200. The van der Waals surface area contributed by atoms with Crippen molar-refractivity contribution in [3.05, 3.63) is 30.4 Å². The summed E-state index contributed by atoms with van der Waals surface area (Å²) >= 11 is 0. The van der Waals surface area contributed by atoms with Crippen LogP contribution in [0.25, 0.3) is 16.8 Å². The van der Waals surface area contributed by atoms with Gasteiger partial charge in [-0.25, -0.2) is 19.5 Å². The van der Waals surface area contributed by atoms with Crippen LogP contribution in [0.2, 0.25) is 0 Å². The van der Waals surface area contributed by atoms with Crippen LogP contribution in [0, 0.1) is 6.92 Å². The fraction of sp³-hybridized carbons (Fsp3) is 0.389. The molecule has 2 aliphatic heterocycles. The summed E-state index contributed by atoms with van der Waals surface area (Å²) in [6.45, 7) is 4.40. The van der Waals surface area contributed by atoms with Gasteiger partial charge in [-0.2, -0.15) is 10.1 Å². The summed E-state index contributed by atoms with van der Waals surface area (Å²) in [6.07, 6.45) is 7.11. The molecule has 2 aliphatic rings. The molecule has 0 saturated carbocycles. The second kappa shape index (κ2) is 5.61. The van der Waals surface area contributed by atoms with Crippen LogP contribution in [-0.4, -0.2) is 53.9 Å². The molecule has 2 N–H and O–H groups in total. The van der Waals surface area contributed by atoms with E-state index in [9.17, 15) is 0 Å². The zero-order chi connectivity index (χ0) is 18.7. The van der Waals surface area contributed by atoms with Crippen molar-refractivity contribution in [3.8, 4) is 0 Å². The van der Waals surface area contributed by atoms with E-state index < -0.39 is 0 Å². The molecule has 1 fully saturated rings. The second-order valence-electron chi connectivity index (χ2n) is 7.42. The van der Waals surface area contributed by atoms with E-state index in [1.807, 2.05) is 19.2 Å². The fourth-order valence-corrected chi connectivity index (χ4v) is 4.19. The number of fused-ring (bicyclic) bond motifs is 5. The monoisotopic (exact) mass is 377 g/mol. The first-order valence-corrected chi connectivity index (χ1v) is 9.37. The summed E-state index contributed by atoms with van der Waals surface area (Å²) in [5, 5.41) is 11.0. The van der Waals surface area contributed by atoms with E-state index in [0.29, 0.717) is 5.95 Å². The predicted octanol–water partition coefficient (Wildman–Crippen LogP) is 1.85. The van der Waals surface area contributed by atoms with Gasteiger partial charge in [0, 0.05) is 19.8 Å². The molecule has 0 aromatic carbocycles. The van der Waals surface area contributed by atoms with Crippen LogP contribution in [-0.2, 0) is 10.3 Å². The van der Waals surface area contributed by atoms with Gasteiger partial charge in [0.2, 0.25) is 11.9 Å². The molecule has 4 aromatic rings. The molecule has 6 rings (SSSR count). The molecule has 0 amide bonds. The standard InChI is InChI=1S/C18H19N9O/c1-11-6-14-21-10-22-26(14)8-13(11)23-16-19-7-12-15(25-16)27-17(24-12)20-9-18(27)2-4-28-5-3-18/h6-8,10H,2-5,9H2,1H3,(H,20,24)(H,19,23,25). The summed E-state index contributed by atoms with van der Waals surface area (Å²) < 4.78 is 9.55. The quantitative estimate of drug-likeness (QED) is 0.545. The first-order valence-electron chi connectivity index (χ1n) is 9.37. The number of ether oxygens (including phenoxy) is 1. The highest BCUT2D eigenvalue weighted by molar-refractivity contribution is 5.77. The minimum absolute atomic E-state index is 0.0243. The highest BCUT2D eigenvalue weighted by Gasteiger charge is 2.42. The van der Waals surface area contributed by atoms with E-state index in [1.54, 1.807) is 10.7 Å². The van der Waals surface area contributed by atoms with Crippen LogP contribution < -0.4 is 10.6 Å². The maximum absolute atomic E-state index is 5.58. The van der Waals surface area contributed by atoms with Crippen LogP contribution >= 0.6 is 0 Å². The largest absolute Gasteiger partial charge is 0.381 e. The number of nitrogens with one attached hydrogen (secondary N) is 2. The van der Waals surface area contributed by atoms with Crippen molar-refractivity contribution < 1.29 is 4.74 Å². The third kappa shape index (κ3) is 2.21. The van der Waals surface area contributed by atoms with Crippen LogP contribution in [0.1, 0.15) is 18.4 Å². The normalized spacial score (nSPS) is 17.9. The molecule has 28 heavy (non-hydrogen) atoms. The Kier molecular flexibility index (Phi) is 3.16. The number of nitrogens with zero attached hydrogens (tertiary/aromatic N) is 7. The number of pyridine rings is 1. The maximum atomic E-state index is 5.58. The number of rotatable bonds is 2. The Hall–Kier alpha value is -3.27. The molecule has 1 saturated heterocycles. The van der Waals surface area contributed by atoms with Gasteiger partial charge >= 0.3 is 0 Å². The van der Waals surface area contributed by atoms with Gasteiger partial charge in [0.15, 0.2) is 11.3 Å². The lowest BCUT2D eigenvalue weighted by molar-refractivity contribution is 0.0338. The van der Waals surface area contributed by atoms with Gasteiger partial charge in [0.1, 0.15) is 11.8 Å². The Balaban J connectivity index is 1.43. The molecule has 4 aromatic heterocycles. The Morgan fingerprint density at radius 1 is 1.21 bits per heavy atom. The zero-order valence-corrected chi connectivity index (χ0v) is 15.4. The summed E-state index contributed by atoms with van der Waals surface area (Å²) in [5.74, 6) is 1.40. The average molecular weight is 377 g/mol. The Morgan fingerprint density at radius 2 is 2.11 bits per heavy atom. The Morgan fingerprint density at radius 3 is 3.00 bits per heavy atom. The van der Waals surface area contributed by atoms with E-state index in [2.05, 4.69) is 35.3 Å². The fourth-order valence-electron chi connectivity index (χ4n) is 4.19. The van der Waals surface area contributed by atoms with Gasteiger partial charge in [-0.3, -0.25) is 4.57 Å². The van der Waals surface area contributed by atoms with Crippen LogP contribution in [0.3, 0.4) is 0 Å². The number of aryl methyl sites for hydroxylation is 1. The topological polar surface area (TPSA) is 107 Å². The SMILES string of the molecule is Cc1cc2ncnn2cc1Nc1ncc2nc3n(c2n1)C1(CCOCC1)CN3. The lowest BCUT2D eigenvalue weighted by atomic mass is 9.90. The van der Waals surface area contributed by atoms with Crippen molar-refractivity contribution in [2.75, 3.05) is 30.4 Å². The van der Waals surface area contributed by atoms with Crippen molar-refractivity contribution in [3.63, 3.8) is 0 Å². The average Bonchev–Trinajstić information content (AvgIpc) is 3.39. The van der Waals surface area contributed by atoms with Crippen molar-refractivity contribution in [2.45, 2.75) is 25.3 Å². The van der Waals surface area contributed by atoms with E-state index in [-0.39, 0.29) is 5.54 Å². The van der Waals surface area contributed by atoms with Gasteiger partial charge in [-0.15, -0.1) is 0 Å². The van der Waals surface area contributed by atoms with E-state index in [0.717, 1.165) is 66.6 Å². The van der Waals surface area contributed by atoms with Gasteiger partial charge in [0.25, 0.3) is 0 Å². The van der Waals surface area contributed by atoms with Gasteiger partial charge in [-0.1, -0.05) is 0 Å². The molecular weight excluding hydrogens is 358 g/mol. The zero-order valence-electron chi connectivity index (χ0n) is 15.4. The molecule has 0 aliphatic carbocycles. The van der Waals surface area contributed by atoms with E-state index in [1.165, 1.54) is 6.33 Å². The molecule has 0 unspecified atom stereocenters. The second-order valence-corrected chi connectivity index (χ2v) is 7.42. The molecule has 0 radical (unpaired) electrons. The molecule has 1 spiro atoms. The van der Waals surface area contributed by atoms with Crippen molar-refractivity contribution in [1.82, 2.24) is 34.1 Å². The summed E-state index contributed by atoms with van der Waals surface area (Å²) in [5.41, 5.74) is 4.35. The molecule has 6 heterocycles. The summed E-state index contributed by atoms with van der Waals surface area (Å²) in [6, 6.07) is 1.98. The third-order valence-corrected chi connectivity index (χ3v) is 5.74. The number of anilines is 3. The van der Waals surface area contributed by atoms with Gasteiger partial charge in [0.05, 0.1) is 23.6 Å². The van der Waals surface area contributed by atoms with Gasteiger partial charge in [-0.05, 0) is 31.4 Å². The Labute approximate surface area is 160 Å². The van der Waals surface area contributed by atoms with Crippen molar-refractivity contribution in [2.24, 2.45) is 0 Å². The van der Waals surface area contributed by atoms with Crippen LogP contribution in [0.5, 0.6) is 0 Å². The lowest BCUT2D eigenvalue weighted by Crippen LogP contribution is -2.40. The minimum atomic E-state index is -0.0243. The molecule has 0 atom stereocenters. The smallest absolute Gasteiger partial charge is 0.229 e. The predicted molar refractivity (Wildman–Crippen MR) is 103 cm³/mol.